The minimum absolute atomic E-state index is 0.0729. The van der Waals surface area contributed by atoms with Gasteiger partial charge in [0.2, 0.25) is 0 Å². The maximum absolute atomic E-state index is 3.67. The third-order valence-corrected chi connectivity index (χ3v) is 9.28. The molecule has 0 spiro atoms. The van der Waals surface area contributed by atoms with Crippen LogP contribution in [-0.4, -0.2) is 33.0 Å². The molecule has 1 nitrogen and oxygen atoms in total. The average Bonchev–Trinajstić information content (AvgIpc) is 1.79. The van der Waals surface area contributed by atoms with Crippen LogP contribution in [0.1, 0.15) is 34.6 Å². The summed E-state index contributed by atoms with van der Waals surface area (Å²) in [6, 6.07) is 0.728. The van der Waals surface area contributed by atoms with E-state index < -0.39 is 0 Å². The van der Waals surface area contributed by atoms with E-state index in [0.29, 0.717) is 5.54 Å². The second-order valence-corrected chi connectivity index (χ2v) is 15.3. The second-order valence-electron chi connectivity index (χ2n) is 4.15. The van der Waals surface area contributed by atoms with E-state index in [1.807, 2.05) is 0 Å². The van der Waals surface area contributed by atoms with Crippen LogP contribution in [-0.2, 0) is 0 Å². The van der Waals surface area contributed by atoms with Crippen LogP contribution in [0.4, 0.5) is 0 Å². The predicted molar refractivity (Wildman–Crippen MR) is 62.7 cm³/mol. The first-order chi connectivity index (χ1) is 4.89. The third kappa shape index (κ3) is 4.45. The number of hydrogen-bond acceptors (Lipinski definition) is 1. The van der Waals surface area contributed by atoms with Crippen molar-refractivity contribution in [3.63, 3.8) is 0 Å². The Kier molecular flexibility index (Phi) is 5.17. The Bertz CT molecular complexity index is 111. The quantitative estimate of drug-likeness (QED) is 0.536. The first-order valence-corrected chi connectivity index (χ1v) is 12.8. The van der Waals surface area contributed by atoms with Gasteiger partial charge in [-0.25, -0.2) is 0 Å². The van der Waals surface area contributed by atoms with Crippen molar-refractivity contribution in [2.75, 3.05) is 0 Å². The normalized spacial score (nSPS) is 15.3. The Morgan fingerprint density at radius 1 is 1.27 bits per heavy atom. The fourth-order valence-electron chi connectivity index (χ4n) is 1.46. The van der Waals surface area contributed by atoms with Crippen molar-refractivity contribution < 1.29 is 0 Å². The molecule has 0 radical (unpaired) electrons. The highest BCUT2D eigenvalue weighted by molar-refractivity contribution is 9.24. The number of nitrogens with zero attached hydrogens (tertiary/aromatic N) is 1. The van der Waals surface area contributed by atoms with Crippen LogP contribution in [0.15, 0.2) is 0 Å². The van der Waals surface area contributed by atoms with E-state index in [-0.39, 0.29) is 16.9 Å². The summed E-state index contributed by atoms with van der Waals surface area (Å²) in [5.41, 5.74) is 0.390. The highest BCUT2D eigenvalue weighted by Gasteiger charge is 2.22. The molecule has 0 N–H and O–H groups in total. The van der Waals surface area contributed by atoms with Crippen LogP contribution in [0.25, 0.3) is 0 Å². The third-order valence-electron chi connectivity index (χ3n) is 1.81. The summed E-state index contributed by atoms with van der Waals surface area (Å²) in [6.45, 7) is 11.6. The second kappa shape index (κ2) is 4.79. The Morgan fingerprint density at radius 3 is 1.82 bits per heavy atom. The molecule has 0 heterocycles. The van der Waals surface area contributed by atoms with Gasteiger partial charge in [0.05, 0.1) is 9.20 Å². The molecular formula is C7H20BrNSi2. The van der Waals surface area contributed by atoms with E-state index in [4.69, 9.17) is 0 Å². The SMILES string of the molecule is CC(C)N([SiH2][SiH2]Br)C(C)(C)C. The smallest absolute Gasteiger partial charge is 0.102 e. The topological polar surface area (TPSA) is 3.24 Å². The summed E-state index contributed by atoms with van der Waals surface area (Å²) in [5.74, 6) is 0. The monoisotopic (exact) mass is 253 g/mol. The fourth-order valence-corrected chi connectivity index (χ4v) is 10.4. The molecule has 0 aliphatic carbocycles. The molecular weight excluding hydrogens is 234 g/mol. The summed E-state index contributed by atoms with van der Waals surface area (Å²) in [7, 11) is 0.194. The highest BCUT2D eigenvalue weighted by Crippen LogP contribution is 2.14. The molecule has 0 saturated carbocycles. The van der Waals surface area contributed by atoms with Crippen LogP contribution in [0.3, 0.4) is 0 Å². The molecule has 0 aliphatic rings. The van der Waals surface area contributed by atoms with Crippen LogP contribution in [0.2, 0.25) is 0 Å². The fraction of sp³-hybridized carbons (Fsp3) is 1.00. The standard InChI is InChI=1S/C7H20BrNSi2/c1-6(2)9(11-10-8)7(3,4)5/h6H,10-11H2,1-5H3. The van der Waals surface area contributed by atoms with Crippen molar-refractivity contribution >= 4 is 32.1 Å². The van der Waals surface area contributed by atoms with Gasteiger partial charge in [-0.15, -0.1) is 15.3 Å². The van der Waals surface area contributed by atoms with Crippen molar-refractivity contribution in [2.45, 2.75) is 46.2 Å². The van der Waals surface area contributed by atoms with E-state index >= 15 is 0 Å². The Labute approximate surface area is 83.0 Å². The first kappa shape index (κ1) is 11.9. The zero-order valence-electron chi connectivity index (χ0n) is 8.32. The average molecular weight is 254 g/mol. The Hall–Kier alpha value is 0.874. The summed E-state index contributed by atoms with van der Waals surface area (Å²) in [4.78, 5) is 0. The van der Waals surface area contributed by atoms with Crippen molar-refractivity contribution in [1.82, 2.24) is 4.57 Å². The van der Waals surface area contributed by atoms with Gasteiger partial charge in [-0.1, -0.05) is 13.8 Å². The number of rotatable bonds is 3. The van der Waals surface area contributed by atoms with Gasteiger partial charge in [-0.3, -0.25) is 0 Å². The van der Waals surface area contributed by atoms with E-state index in [2.05, 4.69) is 54.5 Å². The van der Waals surface area contributed by atoms with Gasteiger partial charge in [-0.05, 0) is 26.8 Å². The number of halogens is 1. The first-order valence-electron chi connectivity index (χ1n) is 4.22. The lowest BCUT2D eigenvalue weighted by Gasteiger charge is -2.38. The van der Waals surface area contributed by atoms with Crippen molar-refractivity contribution in [1.29, 1.82) is 0 Å². The van der Waals surface area contributed by atoms with E-state index in [1.54, 1.807) is 0 Å². The van der Waals surface area contributed by atoms with Gasteiger partial charge in [0, 0.05) is 5.54 Å². The molecule has 0 unspecified atom stereocenters. The van der Waals surface area contributed by atoms with Crippen LogP contribution < -0.4 is 0 Å². The van der Waals surface area contributed by atoms with Crippen molar-refractivity contribution in [3.8, 4) is 0 Å². The van der Waals surface area contributed by atoms with E-state index in [1.165, 1.54) is 0 Å². The van der Waals surface area contributed by atoms with Crippen LogP contribution >= 0.6 is 15.3 Å². The summed E-state index contributed by atoms with van der Waals surface area (Å²) in [5, 5.41) is 0. The molecule has 0 amide bonds. The summed E-state index contributed by atoms with van der Waals surface area (Å²) >= 11 is 3.67. The maximum atomic E-state index is 3.67. The van der Waals surface area contributed by atoms with Gasteiger partial charge in [0.15, 0.2) is 0 Å². The zero-order chi connectivity index (χ0) is 9.07. The minimum Gasteiger partial charge on any atom is -0.324 e. The van der Waals surface area contributed by atoms with Crippen molar-refractivity contribution in [3.05, 3.63) is 0 Å². The van der Waals surface area contributed by atoms with Gasteiger partial charge in [0.25, 0.3) is 0 Å². The summed E-state index contributed by atoms with van der Waals surface area (Å²) < 4.78 is 2.69. The zero-order valence-corrected chi connectivity index (χ0v) is 12.7. The lowest BCUT2D eigenvalue weighted by molar-refractivity contribution is 0.216. The Balaban J connectivity index is 4.10. The molecule has 68 valence electrons. The molecule has 0 saturated heterocycles. The maximum Gasteiger partial charge on any atom is 0.102 e. The molecule has 0 bridgehead atoms. The molecule has 0 aromatic rings. The minimum atomic E-state index is 0.0729. The lowest BCUT2D eigenvalue weighted by atomic mass is 10.1. The van der Waals surface area contributed by atoms with Gasteiger partial charge >= 0.3 is 0 Å². The molecule has 0 fully saturated rings. The van der Waals surface area contributed by atoms with E-state index in [0.717, 1.165) is 6.04 Å². The van der Waals surface area contributed by atoms with Crippen molar-refractivity contribution in [2.24, 2.45) is 0 Å². The molecule has 0 aromatic carbocycles. The lowest BCUT2D eigenvalue weighted by Crippen LogP contribution is -2.49. The van der Waals surface area contributed by atoms with Gasteiger partial charge in [0.1, 0.15) is 7.66 Å². The highest BCUT2D eigenvalue weighted by atomic mass is 79.9. The van der Waals surface area contributed by atoms with Crippen LogP contribution in [0.5, 0.6) is 0 Å². The summed E-state index contributed by atoms with van der Waals surface area (Å²) in [6.07, 6.45) is 0. The number of hydrogen-bond donors (Lipinski definition) is 0. The molecule has 0 aliphatic heterocycles. The van der Waals surface area contributed by atoms with Gasteiger partial charge in [-0.2, -0.15) is 0 Å². The predicted octanol–water partition coefficient (Wildman–Crippen LogP) is 0.973. The van der Waals surface area contributed by atoms with Gasteiger partial charge < -0.3 is 4.57 Å². The molecule has 0 aromatic heterocycles. The Morgan fingerprint density at radius 2 is 1.73 bits per heavy atom. The van der Waals surface area contributed by atoms with E-state index in [9.17, 15) is 0 Å². The molecule has 0 rings (SSSR count). The molecule has 0 atom stereocenters. The molecule has 4 heteroatoms. The largest absolute Gasteiger partial charge is 0.324 e. The van der Waals surface area contributed by atoms with Crippen LogP contribution in [0, 0.1) is 0 Å². The molecule has 11 heavy (non-hydrogen) atoms.